The summed E-state index contributed by atoms with van der Waals surface area (Å²) in [5.74, 6) is 0. The van der Waals surface area contributed by atoms with Gasteiger partial charge in [0, 0.05) is 25.4 Å². The number of nitrogens with zero attached hydrogens (tertiary/aromatic N) is 2. The van der Waals surface area contributed by atoms with Gasteiger partial charge in [-0.25, -0.2) is 0 Å². The van der Waals surface area contributed by atoms with E-state index in [0.717, 1.165) is 12.2 Å². The molecule has 84 valence electrons. The summed E-state index contributed by atoms with van der Waals surface area (Å²) in [5, 5.41) is 11.3. The normalized spacial score (nSPS) is 12.3. The van der Waals surface area contributed by atoms with E-state index >= 15 is 0 Å². The number of hydrogen-bond acceptors (Lipinski definition) is 2. The van der Waals surface area contributed by atoms with E-state index in [1.54, 1.807) is 0 Å². The maximum Gasteiger partial charge on any atom is 0.166 e. The Balaban J connectivity index is 2.64. The largest absolute Gasteiger partial charge is 0.363 e. The second-order valence-corrected chi connectivity index (χ2v) is 3.98. The minimum atomic E-state index is 0.185. The molecule has 1 atom stereocenters. The van der Waals surface area contributed by atoms with Gasteiger partial charge in [0.15, 0.2) is 5.11 Å². The Hall–Kier alpha value is -1.10. The predicted molar refractivity (Wildman–Crippen MR) is 65.8 cm³/mol. The number of thiocarbonyl (C=S) groups is 1. The zero-order valence-corrected chi connectivity index (χ0v) is 10.5. The van der Waals surface area contributed by atoms with Crippen molar-refractivity contribution in [2.24, 2.45) is 7.05 Å². The quantitative estimate of drug-likeness (QED) is 0.762. The summed E-state index contributed by atoms with van der Waals surface area (Å²) in [5.41, 5.74) is 2.22. The number of aryl methyl sites for hydroxylation is 2. The second-order valence-electron chi connectivity index (χ2n) is 3.57. The fraction of sp³-hybridized carbons (Fsp3) is 0.600. The molecule has 0 aliphatic heterocycles. The molecule has 0 fully saturated rings. The van der Waals surface area contributed by atoms with Crippen LogP contribution in [-0.4, -0.2) is 21.4 Å². The molecule has 2 N–H and O–H groups in total. The maximum atomic E-state index is 5.13. The van der Waals surface area contributed by atoms with E-state index < -0.39 is 0 Å². The monoisotopic (exact) mass is 226 g/mol. The highest BCUT2D eigenvalue weighted by molar-refractivity contribution is 7.80. The molecule has 5 heteroatoms. The van der Waals surface area contributed by atoms with Crippen molar-refractivity contribution in [2.75, 3.05) is 6.54 Å². The first-order valence-electron chi connectivity index (χ1n) is 5.09. The molecule has 1 rings (SSSR count). The summed E-state index contributed by atoms with van der Waals surface area (Å²) in [6.45, 7) is 6.94. The predicted octanol–water partition coefficient (Wildman–Crippen LogP) is 1.27. The average Bonchev–Trinajstić information content (AvgIpc) is 2.45. The molecule has 0 radical (unpaired) electrons. The van der Waals surface area contributed by atoms with Gasteiger partial charge in [-0.2, -0.15) is 5.10 Å². The van der Waals surface area contributed by atoms with Crippen LogP contribution in [0.25, 0.3) is 0 Å². The van der Waals surface area contributed by atoms with E-state index in [2.05, 4.69) is 22.7 Å². The molecule has 0 bridgehead atoms. The van der Waals surface area contributed by atoms with E-state index in [0.29, 0.717) is 5.11 Å². The second kappa shape index (κ2) is 5.11. The number of rotatable bonds is 3. The molecule has 0 aliphatic rings. The lowest BCUT2D eigenvalue weighted by Gasteiger charge is -2.15. The highest BCUT2D eigenvalue weighted by Gasteiger charge is 2.11. The summed E-state index contributed by atoms with van der Waals surface area (Å²) in [6, 6.07) is 0.185. The molecular formula is C10H18N4S. The summed E-state index contributed by atoms with van der Waals surface area (Å²) < 4.78 is 1.82. The van der Waals surface area contributed by atoms with Crippen molar-refractivity contribution in [1.29, 1.82) is 0 Å². The first-order valence-corrected chi connectivity index (χ1v) is 5.50. The van der Waals surface area contributed by atoms with Gasteiger partial charge in [-0.05, 0) is 33.0 Å². The lowest BCUT2D eigenvalue weighted by molar-refractivity contribution is 0.696. The Kier molecular flexibility index (Phi) is 4.08. The van der Waals surface area contributed by atoms with Crippen molar-refractivity contribution in [3.63, 3.8) is 0 Å². The SMILES string of the molecule is CCNC(=S)NC(C)c1cn(C)nc1C. The van der Waals surface area contributed by atoms with Gasteiger partial charge >= 0.3 is 0 Å². The van der Waals surface area contributed by atoms with Crippen LogP contribution in [0.3, 0.4) is 0 Å². The Morgan fingerprint density at radius 3 is 2.80 bits per heavy atom. The van der Waals surface area contributed by atoms with E-state index in [9.17, 15) is 0 Å². The van der Waals surface area contributed by atoms with Crippen molar-refractivity contribution in [3.05, 3.63) is 17.5 Å². The molecule has 0 saturated carbocycles. The van der Waals surface area contributed by atoms with Gasteiger partial charge in [0.25, 0.3) is 0 Å². The van der Waals surface area contributed by atoms with Gasteiger partial charge in [0.05, 0.1) is 11.7 Å². The third kappa shape index (κ3) is 3.20. The molecule has 0 aromatic carbocycles. The summed E-state index contributed by atoms with van der Waals surface area (Å²) in [4.78, 5) is 0. The van der Waals surface area contributed by atoms with E-state index in [1.807, 2.05) is 31.8 Å². The Morgan fingerprint density at radius 1 is 1.67 bits per heavy atom. The van der Waals surface area contributed by atoms with Crippen LogP contribution in [0.5, 0.6) is 0 Å². The number of hydrogen-bond donors (Lipinski definition) is 2. The highest BCUT2D eigenvalue weighted by atomic mass is 32.1. The third-order valence-corrected chi connectivity index (χ3v) is 2.47. The third-order valence-electron chi connectivity index (χ3n) is 2.20. The maximum absolute atomic E-state index is 5.13. The minimum Gasteiger partial charge on any atom is -0.363 e. The highest BCUT2D eigenvalue weighted by Crippen LogP contribution is 2.14. The van der Waals surface area contributed by atoms with Crippen molar-refractivity contribution < 1.29 is 0 Å². The fourth-order valence-corrected chi connectivity index (χ4v) is 1.85. The van der Waals surface area contributed by atoms with Crippen LogP contribution in [0.2, 0.25) is 0 Å². The molecule has 1 aromatic rings. The van der Waals surface area contributed by atoms with Gasteiger partial charge < -0.3 is 10.6 Å². The molecular weight excluding hydrogens is 208 g/mol. The van der Waals surface area contributed by atoms with Gasteiger partial charge in [-0.15, -0.1) is 0 Å². The Labute approximate surface area is 96.1 Å². The molecule has 0 aliphatic carbocycles. The average molecular weight is 226 g/mol. The smallest absolute Gasteiger partial charge is 0.166 e. The number of aromatic nitrogens is 2. The minimum absolute atomic E-state index is 0.185. The first kappa shape index (κ1) is 12.0. The molecule has 4 nitrogen and oxygen atoms in total. The summed E-state index contributed by atoms with van der Waals surface area (Å²) >= 11 is 5.13. The van der Waals surface area contributed by atoms with Crippen molar-refractivity contribution in [2.45, 2.75) is 26.8 Å². The van der Waals surface area contributed by atoms with Crippen LogP contribution in [0.15, 0.2) is 6.20 Å². The van der Waals surface area contributed by atoms with Gasteiger partial charge in [0.1, 0.15) is 0 Å². The van der Waals surface area contributed by atoms with E-state index in [4.69, 9.17) is 12.2 Å². The zero-order valence-electron chi connectivity index (χ0n) is 9.66. The van der Waals surface area contributed by atoms with Crippen LogP contribution in [0.1, 0.15) is 31.1 Å². The standard InChI is InChI=1S/C10H18N4S/c1-5-11-10(15)12-7(2)9-6-14(4)13-8(9)3/h6-7H,5H2,1-4H3,(H2,11,12,15). The van der Waals surface area contributed by atoms with Gasteiger partial charge in [-0.1, -0.05) is 0 Å². The fourth-order valence-electron chi connectivity index (χ4n) is 1.53. The zero-order chi connectivity index (χ0) is 11.4. The topological polar surface area (TPSA) is 41.9 Å². The molecule has 1 heterocycles. The molecule has 1 aromatic heterocycles. The van der Waals surface area contributed by atoms with Gasteiger partial charge in [-0.3, -0.25) is 4.68 Å². The van der Waals surface area contributed by atoms with Gasteiger partial charge in [0.2, 0.25) is 0 Å². The van der Waals surface area contributed by atoms with Crippen LogP contribution in [-0.2, 0) is 7.05 Å². The lowest BCUT2D eigenvalue weighted by Crippen LogP contribution is -2.36. The van der Waals surface area contributed by atoms with Crippen LogP contribution >= 0.6 is 12.2 Å². The Bertz CT molecular complexity index is 345. The van der Waals surface area contributed by atoms with Crippen molar-refractivity contribution >= 4 is 17.3 Å². The van der Waals surface area contributed by atoms with Crippen LogP contribution in [0, 0.1) is 6.92 Å². The Morgan fingerprint density at radius 2 is 2.33 bits per heavy atom. The number of nitrogens with one attached hydrogen (secondary N) is 2. The molecule has 0 saturated heterocycles. The van der Waals surface area contributed by atoms with E-state index in [1.165, 1.54) is 5.56 Å². The molecule has 0 amide bonds. The summed E-state index contributed by atoms with van der Waals surface area (Å²) in [6.07, 6.45) is 2.02. The molecule has 15 heavy (non-hydrogen) atoms. The van der Waals surface area contributed by atoms with Crippen molar-refractivity contribution in [3.8, 4) is 0 Å². The molecule has 1 unspecified atom stereocenters. The molecule has 0 spiro atoms. The first-order chi connectivity index (χ1) is 7.04. The summed E-state index contributed by atoms with van der Waals surface area (Å²) in [7, 11) is 1.92. The van der Waals surface area contributed by atoms with Crippen LogP contribution < -0.4 is 10.6 Å². The van der Waals surface area contributed by atoms with E-state index in [-0.39, 0.29) is 6.04 Å². The van der Waals surface area contributed by atoms with Crippen LogP contribution in [0.4, 0.5) is 0 Å². The lowest BCUT2D eigenvalue weighted by atomic mass is 10.1. The van der Waals surface area contributed by atoms with Crippen molar-refractivity contribution in [1.82, 2.24) is 20.4 Å².